The predicted octanol–water partition coefficient (Wildman–Crippen LogP) is 2.48. The molecule has 0 spiro atoms. The van der Waals surface area contributed by atoms with Crippen molar-refractivity contribution in [2.24, 2.45) is 0 Å². The number of hydrogen-bond donors (Lipinski definition) is 0. The second kappa shape index (κ2) is 7.31. The van der Waals surface area contributed by atoms with E-state index in [0.29, 0.717) is 11.4 Å². The van der Waals surface area contributed by atoms with Gasteiger partial charge in [0.2, 0.25) is 0 Å². The third-order valence-electron chi connectivity index (χ3n) is 4.86. The number of amides is 1. The number of piperidine rings is 1. The molecule has 1 aromatic heterocycles. The number of nitrogens with zero attached hydrogens (tertiary/aromatic N) is 4. The topological polar surface area (TPSA) is 41.4 Å². The van der Waals surface area contributed by atoms with Gasteiger partial charge in [-0.3, -0.25) is 9.48 Å². The first-order valence-corrected chi connectivity index (χ1v) is 8.61. The van der Waals surface area contributed by atoms with Gasteiger partial charge in [0, 0.05) is 19.2 Å². The van der Waals surface area contributed by atoms with Crippen LogP contribution in [0.2, 0.25) is 0 Å². The number of carbonyl (C=O) groups is 1. The molecule has 5 nitrogen and oxygen atoms in total. The van der Waals surface area contributed by atoms with E-state index in [4.69, 9.17) is 0 Å². The molecule has 2 aliphatic rings. The van der Waals surface area contributed by atoms with E-state index < -0.39 is 37.3 Å². The molecule has 2 aliphatic heterocycles. The summed E-state index contributed by atoms with van der Waals surface area (Å²) in [6.07, 6.45) is -0.683. The van der Waals surface area contributed by atoms with Gasteiger partial charge in [0.05, 0.1) is 24.8 Å². The Morgan fingerprint density at radius 1 is 1.20 bits per heavy atom. The van der Waals surface area contributed by atoms with Crippen molar-refractivity contribution in [3.05, 3.63) is 18.0 Å². The quantitative estimate of drug-likeness (QED) is 0.773. The molecule has 140 valence electrons. The zero-order valence-electron chi connectivity index (χ0n) is 13.9. The molecule has 2 saturated heterocycles. The van der Waals surface area contributed by atoms with E-state index in [1.165, 1.54) is 31.7 Å². The van der Waals surface area contributed by atoms with Crippen LogP contribution in [0.15, 0.2) is 12.4 Å². The fraction of sp³-hybridized carbons (Fsp3) is 0.750. The molecule has 0 unspecified atom stereocenters. The van der Waals surface area contributed by atoms with Gasteiger partial charge >= 0.3 is 6.18 Å². The summed E-state index contributed by atoms with van der Waals surface area (Å²) in [7, 11) is 0. The minimum atomic E-state index is -4.62. The number of likely N-dealkylation sites (tertiary alicyclic amines) is 2. The fourth-order valence-corrected chi connectivity index (χ4v) is 3.51. The Labute approximate surface area is 143 Å². The lowest BCUT2D eigenvalue weighted by molar-refractivity contribution is -0.170. The third kappa shape index (κ3) is 4.31. The van der Waals surface area contributed by atoms with Gasteiger partial charge in [-0.2, -0.15) is 18.3 Å². The van der Waals surface area contributed by atoms with E-state index in [-0.39, 0.29) is 5.56 Å². The Balaban J connectivity index is 1.61. The summed E-state index contributed by atoms with van der Waals surface area (Å²) in [6, 6.07) is -2.06. The van der Waals surface area contributed by atoms with Crippen LogP contribution in [0, 0.1) is 0 Å². The second-order valence-corrected chi connectivity index (χ2v) is 6.74. The average Bonchev–Trinajstić information content (AvgIpc) is 3.19. The standard InChI is InChI=1S/C16H22F4N4O/c17-13-8-14(16(18,19)20)24(11-13)15(25)12-9-21-23(10-12)7-6-22-4-2-1-3-5-22/h9-10,13-14H,1-8,11H2/t13-,14+/m0/s1. The van der Waals surface area contributed by atoms with Gasteiger partial charge in [-0.15, -0.1) is 0 Å². The molecule has 0 saturated carbocycles. The number of carbonyl (C=O) groups excluding carboxylic acids is 1. The van der Waals surface area contributed by atoms with Crippen LogP contribution in [-0.2, 0) is 6.54 Å². The van der Waals surface area contributed by atoms with Crippen molar-refractivity contribution in [3.8, 4) is 0 Å². The Kier molecular flexibility index (Phi) is 5.31. The summed E-state index contributed by atoms with van der Waals surface area (Å²) in [5, 5.41) is 4.07. The van der Waals surface area contributed by atoms with E-state index in [0.717, 1.165) is 19.6 Å². The number of aromatic nitrogens is 2. The van der Waals surface area contributed by atoms with Gasteiger partial charge in [-0.25, -0.2) is 4.39 Å². The first-order chi connectivity index (χ1) is 11.8. The summed E-state index contributed by atoms with van der Waals surface area (Å²) >= 11 is 0. The van der Waals surface area contributed by atoms with Crippen LogP contribution >= 0.6 is 0 Å². The normalized spacial score (nSPS) is 25.5. The van der Waals surface area contributed by atoms with Crippen molar-refractivity contribution in [1.29, 1.82) is 0 Å². The van der Waals surface area contributed by atoms with Crippen LogP contribution in [-0.4, -0.2) is 70.1 Å². The predicted molar refractivity (Wildman–Crippen MR) is 82.9 cm³/mol. The molecule has 3 rings (SSSR count). The molecule has 1 aromatic rings. The molecule has 1 amide bonds. The SMILES string of the molecule is O=C(c1cnn(CCN2CCCCC2)c1)N1C[C@@H](F)C[C@@H]1C(F)(F)F. The van der Waals surface area contributed by atoms with Gasteiger partial charge < -0.3 is 9.80 Å². The molecule has 0 bridgehead atoms. The monoisotopic (exact) mass is 362 g/mol. The largest absolute Gasteiger partial charge is 0.408 e. The van der Waals surface area contributed by atoms with Crippen molar-refractivity contribution < 1.29 is 22.4 Å². The van der Waals surface area contributed by atoms with Crippen molar-refractivity contribution >= 4 is 5.91 Å². The van der Waals surface area contributed by atoms with Crippen molar-refractivity contribution in [2.75, 3.05) is 26.2 Å². The maximum absolute atomic E-state index is 13.4. The Morgan fingerprint density at radius 3 is 2.60 bits per heavy atom. The second-order valence-electron chi connectivity index (χ2n) is 6.74. The van der Waals surface area contributed by atoms with E-state index in [1.54, 1.807) is 4.68 Å². The molecular weight excluding hydrogens is 340 g/mol. The van der Waals surface area contributed by atoms with Gasteiger partial charge in [0.25, 0.3) is 5.91 Å². The van der Waals surface area contributed by atoms with Crippen molar-refractivity contribution in [3.63, 3.8) is 0 Å². The smallest absolute Gasteiger partial charge is 0.323 e. The summed E-state index contributed by atoms with van der Waals surface area (Å²) in [5.41, 5.74) is 0.0713. The highest BCUT2D eigenvalue weighted by Gasteiger charge is 2.51. The molecule has 9 heteroatoms. The average molecular weight is 362 g/mol. The molecule has 2 fully saturated rings. The Morgan fingerprint density at radius 2 is 1.92 bits per heavy atom. The van der Waals surface area contributed by atoms with Gasteiger partial charge in [0.15, 0.2) is 0 Å². The Hall–Kier alpha value is -1.64. The zero-order valence-corrected chi connectivity index (χ0v) is 13.9. The van der Waals surface area contributed by atoms with Gasteiger partial charge in [-0.05, 0) is 25.9 Å². The molecule has 0 N–H and O–H groups in total. The number of hydrogen-bond acceptors (Lipinski definition) is 3. The van der Waals surface area contributed by atoms with E-state index in [1.807, 2.05) is 0 Å². The van der Waals surface area contributed by atoms with Crippen LogP contribution in [0.5, 0.6) is 0 Å². The maximum Gasteiger partial charge on any atom is 0.408 e. The zero-order chi connectivity index (χ0) is 18.0. The van der Waals surface area contributed by atoms with E-state index in [9.17, 15) is 22.4 Å². The molecule has 0 aliphatic carbocycles. The number of rotatable bonds is 4. The number of halogens is 4. The molecule has 25 heavy (non-hydrogen) atoms. The molecule has 0 aromatic carbocycles. The summed E-state index contributed by atoms with van der Waals surface area (Å²) in [4.78, 5) is 15.3. The maximum atomic E-state index is 13.4. The minimum absolute atomic E-state index is 0.0713. The highest BCUT2D eigenvalue weighted by atomic mass is 19.4. The van der Waals surface area contributed by atoms with Gasteiger partial charge in [-0.1, -0.05) is 6.42 Å². The van der Waals surface area contributed by atoms with Crippen molar-refractivity contribution in [2.45, 2.75) is 50.6 Å². The van der Waals surface area contributed by atoms with Crippen LogP contribution in [0.25, 0.3) is 0 Å². The van der Waals surface area contributed by atoms with E-state index >= 15 is 0 Å². The molecular formula is C16H22F4N4O. The lowest BCUT2D eigenvalue weighted by Gasteiger charge is -2.26. The first-order valence-electron chi connectivity index (χ1n) is 8.61. The van der Waals surface area contributed by atoms with Crippen LogP contribution in [0.4, 0.5) is 17.6 Å². The van der Waals surface area contributed by atoms with Crippen LogP contribution < -0.4 is 0 Å². The van der Waals surface area contributed by atoms with Gasteiger partial charge in [0.1, 0.15) is 12.2 Å². The minimum Gasteiger partial charge on any atom is -0.323 e. The Bertz CT molecular complexity index is 597. The summed E-state index contributed by atoms with van der Waals surface area (Å²) in [5.74, 6) is -0.813. The van der Waals surface area contributed by atoms with E-state index in [2.05, 4.69) is 10.00 Å². The number of alkyl halides is 4. The van der Waals surface area contributed by atoms with Crippen LogP contribution in [0.1, 0.15) is 36.0 Å². The highest BCUT2D eigenvalue weighted by Crippen LogP contribution is 2.34. The molecule has 2 atom stereocenters. The lowest BCUT2D eigenvalue weighted by atomic mass is 10.1. The fourth-order valence-electron chi connectivity index (χ4n) is 3.51. The lowest BCUT2D eigenvalue weighted by Crippen LogP contribution is -2.44. The summed E-state index contributed by atoms with van der Waals surface area (Å²) < 4.78 is 54.0. The highest BCUT2D eigenvalue weighted by molar-refractivity contribution is 5.94. The molecule has 3 heterocycles. The molecule has 0 radical (unpaired) electrons. The van der Waals surface area contributed by atoms with Crippen molar-refractivity contribution in [1.82, 2.24) is 19.6 Å². The van der Waals surface area contributed by atoms with Crippen LogP contribution in [0.3, 0.4) is 0 Å². The third-order valence-corrected chi connectivity index (χ3v) is 4.86. The summed E-state index contributed by atoms with van der Waals surface area (Å²) in [6.45, 7) is 2.90. The first kappa shape index (κ1) is 18.2.